The summed E-state index contributed by atoms with van der Waals surface area (Å²) in [6.45, 7) is 6.45. The number of allylic oxidation sites excluding steroid dienone is 18. The van der Waals surface area contributed by atoms with Crippen LogP contribution in [0.25, 0.3) is 0 Å². The summed E-state index contributed by atoms with van der Waals surface area (Å²) in [7, 11) is 0. The molecule has 1 unspecified atom stereocenters. The SMILES string of the molecule is CC/C=C\C/C=C\C/C=C\C/C=C\C/C=C\C/C=C\CCCCCCCCCCC(=O)OCC(COC(=O)CCCCCCCC)OC(=O)CCCCCCCCCC/C=C\C/C=C\C/C=C\CCCCCCC. The Morgan fingerprint density at radius 3 is 0.824 bits per heavy atom. The first-order valence-corrected chi connectivity index (χ1v) is 30.9. The van der Waals surface area contributed by atoms with Gasteiger partial charge in [-0.1, -0.05) is 265 Å². The van der Waals surface area contributed by atoms with E-state index >= 15 is 0 Å². The van der Waals surface area contributed by atoms with E-state index in [-0.39, 0.29) is 31.1 Å². The average Bonchev–Trinajstić information content (AvgIpc) is 3.40. The van der Waals surface area contributed by atoms with E-state index in [1.54, 1.807) is 0 Å². The Labute approximate surface area is 457 Å². The molecule has 0 bridgehead atoms. The second-order valence-electron chi connectivity index (χ2n) is 20.2. The third-order valence-corrected chi connectivity index (χ3v) is 13.0. The van der Waals surface area contributed by atoms with Crippen LogP contribution in [0.15, 0.2) is 109 Å². The van der Waals surface area contributed by atoms with Crippen molar-refractivity contribution in [2.45, 2.75) is 290 Å². The van der Waals surface area contributed by atoms with E-state index in [1.165, 1.54) is 122 Å². The molecule has 0 fully saturated rings. The van der Waals surface area contributed by atoms with E-state index in [1.807, 2.05) is 0 Å². The fraction of sp³-hybridized carbons (Fsp3) is 0.691. The minimum absolute atomic E-state index is 0.0842. The minimum atomic E-state index is -0.785. The Morgan fingerprint density at radius 1 is 0.284 bits per heavy atom. The summed E-state index contributed by atoms with van der Waals surface area (Å²) in [4.78, 5) is 38.0. The first kappa shape index (κ1) is 70.1. The van der Waals surface area contributed by atoms with Crippen molar-refractivity contribution < 1.29 is 28.6 Å². The summed E-state index contributed by atoms with van der Waals surface area (Å²) in [5.74, 6) is -0.907. The molecule has 0 N–H and O–H groups in total. The number of unbranched alkanes of at least 4 members (excludes halogenated alkanes) is 26. The Morgan fingerprint density at radius 2 is 0.527 bits per heavy atom. The number of carbonyl (C=O) groups excluding carboxylic acids is 3. The number of carbonyl (C=O) groups is 3. The second kappa shape index (κ2) is 61.6. The Balaban J connectivity index is 4.17. The summed E-state index contributed by atoms with van der Waals surface area (Å²) in [6, 6.07) is 0. The van der Waals surface area contributed by atoms with Crippen molar-refractivity contribution in [1.29, 1.82) is 0 Å². The maximum absolute atomic E-state index is 12.8. The van der Waals surface area contributed by atoms with Gasteiger partial charge in [-0.25, -0.2) is 0 Å². The zero-order valence-electron chi connectivity index (χ0n) is 48.3. The van der Waals surface area contributed by atoms with Crippen LogP contribution in [-0.2, 0) is 28.6 Å². The van der Waals surface area contributed by atoms with Gasteiger partial charge in [-0.3, -0.25) is 14.4 Å². The summed E-state index contributed by atoms with van der Waals surface area (Å²) < 4.78 is 16.8. The van der Waals surface area contributed by atoms with Gasteiger partial charge in [0.25, 0.3) is 0 Å². The van der Waals surface area contributed by atoms with Crippen LogP contribution in [0.5, 0.6) is 0 Å². The van der Waals surface area contributed by atoms with Crippen LogP contribution in [0.1, 0.15) is 284 Å². The van der Waals surface area contributed by atoms with Crippen LogP contribution in [0, 0.1) is 0 Å². The molecule has 6 nitrogen and oxygen atoms in total. The number of rotatable bonds is 55. The van der Waals surface area contributed by atoms with Crippen molar-refractivity contribution >= 4 is 17.9 Å². The quantitative estimate of drug-likeness (QED) is 0.0261. The van der Waals surface area contributed by atoms with E-state index in [2.05, 4.69) is 130 Å². The van der Waals surface area contributed by atoms with Crippen LogP contribution in [0.2, 0.25) is 0 Å². The topological polar surface area (TPSA) is 78.9 Å². The first-order chi connectivity index (χ1) is 36.5. The van der Waals surface area contributed by atoms with E-state index < -0.39 is 6.10 Å². The van der Waals surface area contributed by atoms with E-state index in [4.69, 9.17) is 14.2 Å². The Hall–Kier alpha value is -3.93. The lowest BCUT2D eigenvalue weighted by atomic mass is 10.1. The highest BCUT2D eigenvalue weighted by Crippen LogP contribution is 2.15. The molecule has 0 radical (unpaired) electrons. The van der Waals surface area contributed by atoms with Gasteiger partial charge in [-0.2, -0.15) is 0 Å². The highest BCUT2D eigenvalue weighted by atomic mass is 16.6. The highest BCUT2D eigenvalue weighted by molar-refractivity contribution is 5.71. The van der Waals surface area contributed by atoms with Crippen molar-refractivity contribution in [2.24, 2.45) is 0 Å². The summed E-state index contributed by atoms with van der Waals surface area (Å²) in [5.41, 5.74) is 0. The normalized spacial score (nSPS) is 12.9. The highest BCUT2D eigenvalue weighted by Gasteiger charge is 2.19. The molecule has 74 heavy (non-hydrogen) atoms. The molecule has 0 amide bonds. The van der Waals surface area contributed by atoms with Crippen LogP contribution in [0.4, 0.5) is 0 Å². The second-order valence-corrected chi connectivity index (χ2v) is 20.2. The van der Waals surface area contributed by atoms with Gasteiger partial charge in [-0.05, 0) is 109 Å². The van der Waals surface area contributed by atoms with Crippen LogP contribution in [-0.4, -0.2) is 37.2 Å². The predicted molar refractivity (Wildman–Crippen MR) is 320 cm³/mol. The Bertz CT molecular complexity index is 1510. The molecule has 0 aromatic heterocycles. The van der Waals surface area contributed by atoms with Gasteiger partial charge < -0.3 is 14.2 Å². The van der Waals surface area contributed by atoms with Crippen molar-refractivity contribution in [3.63, 3.8) is 0 Å². The van der Waals surface area contributed by atoms with Gasteiger partial charge in [-0.15, -0.1) is 0 Å². The van der Waals surface area contributed by atoms with E-state index in [9.17, 15) is 14.4 Å². The number of hydrogen-bond donors (Lipinski definition) is 0. The lowest BCUT2D eigenvalue weighted by Gasteiger charge is -2.18. The summed E-state index contributed by atoms with van der Waals surface area (Å²) >= 11 is 0. The summed E-state index contributed by atoms with van der Waals surface area (Å²) in [5, 5.41) is 0. The fourth-order valence-electron chi connectivity index (χ4n) is 8.39. The summed E-state index contributed by atoms with van der Waals surface area (Å²) in [6.07, 6.45) is 84.0. The molecule has 0 saturated carbocycles. The average molecular weight is 1030 g/mol. The largest absolute Gasteiger partial charge is 0.462 e. The van der Waals surface area contributed by atoms with Crippen LogP contribution < -0.4 is 0 Å². The smallest absolute Gasteiger partial charge is 0.306 e. The molecule has 0 heterocycles. The van der Waals surface area contributed by atoms with Crippen LogP contribution in [0.3, 0.4) is 0 Å². The molecule has 1 atom stereocenters. The molecule has 0 saturated heterocycles. The van der Waals surface area contributed by atoms with Crippen molar-refractivity contribution in [3.05, 3.63) is 109 Å². The third kappa shape index (κ3) is 59.0. The molecular weight excluding hydrogens is 913 g/mol. The molecule has 0 aliphatic carbocycles. The molecule has 0 aliphatic heterocycles. The molecule has 0 rings (SSSR count). The minimum Gasteiger partial charge on any atom is -0.462 e. The number of esters is 3. The van der Waals surface area contributed by atoms with Gasteiger partial charge >= 0.3 is 17.9 Å². The molecule has 6 heteroatoms. The van der Waals surface area contributed by atoms with Gasteiger partial charge in [0.05, 0.1) is 0 Å². The molecular formula is C68H114O6. The van der Waals surface area contributed by atoms with Gasteiger partial charge in [0.1, 0.15) is 13.2 Å². The molecule has 0 spiro atoms. The molecule has 0 aromatic rings. The zero-order valence-corrected chi connectivity index (χ0v) is 48.3. The zero-order chi connectivity index (χ0) is 53.6. The number of ether oxygens (including phenoxy) is 3. The molecule has 0 aliphatic rings. The van der Waals surface area contributed by atoms with E-state index in [0.717, 1.165) is 122 Å². The van der Waals surface area contributed by atoms with Gasteiger partial charge in [0, 0.05) is 19.3 Å². The predicted octanol–water partition coefficient (Wildman–Crippen LogP) is 21.0. The molecule has 0 aromatic carbocycles. The standard InChI is InChI=1S/C68H114O6/c1-4-7-10-13-16-18-20-22-24-26-28-30-32-33-34-35-37-38-40-42-44-46-48-50-52-55-58-61-67(70)73-64-65(63-72-66(69)60-57-54-15-12-9-6-3)74-68(71)62-59-56-53-51-49-47-45-43-41-39-36-31-29-27-25-23-21-19-17-14-11-8-5-2/h7,10,16,18,21-24,27-30,33-34,36-39,65H,4-6,8-9,11-15,17,19-20,25-26,31-32,35,40-64H2,1-3H3/b10-7-,18-16-,23-21-,24-22-,29-27-,30-28-,34-33-,38-37-,39-36-. The van der Waals surface area contributed by atoms with Crippen LogP contribution >= 0.6 is 0 Å². The fourth-order valence-corrected chi connectivity index (χ4v) is 8.39. The maximum Gasteiger partial charge on any atom is 0.306 e. The van der Waals surface area contributed by atoms with E-state index in [0.29, 0.717) is 19.3 Å². The number of hydrogen-bond acceptors (Lipinski definition) is 6. The lowest BCUT2D eigenvalue weighted by Crippen LogP contribution is -2.30. The Kier molecular flexibility index (Phi) is 58.3. The maximum atomic E-state index is 12.8. The van der Waals surface area contributed by atoms with Crippen molar-refractivity contribution in [1.82, 2.24) is 0 Å². The first-order valence-electron chi connectivity index (χ1n) is 30.9. The monoisotopic (exact) mass is 1030 g/mol. The van der Waals surface area contributed by atoms with Crippen molar-refractivity contribution in [2.75, 3.05) is 13.2 Å². The van der Waals surface area contributed by atoms with Crippen molar-refractivity contribution in [3.8, 4) is 0 Å². The third-order valence-electron chi connectivity index (χ3n) is 13.0. The molecule has 422 valence electrons. The van der Waals surface area contributed by atoms with Gasteiger partial charge in [0.15, 0.2) is 6.10 Å². The lowest BCUT2D eigenvalue weighted by molar-refractivity contribution is -0.167. The van der Waals surface area contributed by atoms with Gasteiger partial charge in [0.2, 0.25) is 0 Å².